The molecule has 2 aromatic heterocycles. The third-order valence-electron chi connectivity index (χ3n) is 5.39. The number of nitrogens with one attached hydrogen (secondary N) is 1. The molecule has 0 radical (unpaired) electrons. The third-order valence-corrected chi connectivity index (χ3v) is 5.64. The van der Waals surface area contributed by atoms with E-state index in [1.165, 1.54) is 9.13 Å². The summed E-state index contributed by atoms with van der Waals surface area (Å²) in [7, 11) is 1.79. The standard InChI is InChI=1S/C20H22ClN5O3/c1-3-15-23-18-17(24(15)2)19(28)26(10-12-4-6-13(21)7-5-12)20(29)25(18)11-14-8-9-16(27)22-14/h4-7,14H,3,8-11H2,1-2H3,(H,22,27)/t14-/m1/s1. The summed E-state index contributed by atoms with van der Waals surface area (Å²) in [6, 6.07) is 6.89. The van der Waals surface area contributed by atoms with E-state index in [9.17, 15) is 14.4 Å². The van der Waals surface area contributed by atoms with Crippen LogP contribution in [-0.4, -0.2) is 30.6 Å². The normalized spacial score (nSPS) is 16.5. The number of aryl methyl sites for hydroxylation is 2. The van der Waals surface area contributed by atoms with Crippen molar-refractivity contribution in [2.75, 3.05) is 0 Å². The second-order valence-electron chi connectivity index (χ2n) is 7.33. The van der Waals surface area contributed by atoms with E-state index in [-0.39, 0.29) is 30.6 Å². The molecule has 3 heterocycles. The molecule has 1 aliphatic rings. The van der Waals surface area contributed by atoms with E-state index in [4.69, 9.17) is 11.6 Å². The van der Waals surface area contributed by atoms with Gasteiger partial charge in [-0.25, -0.2) is 9.78 Å². The van der Waals surface area contributed by atoms with Gasteiger partial charge in [0.2, 0.25) is 5.91 Å². The molecular formula is C20H22ClN5O3. The number of imidazole rings is 1. The summed E-state index contributed by atoms with van der Waals surface area (Å²) in [5.74, 6) is 0.703. The van der Waals surface area contributed by atoms with E-state index in [1.54, 1.807) is 35.9 Å². The Hall–Kier alpha value is -2.87. The van der Waals surface area contributed by atoms with Crippen LogP contribution in [0.3, 0.4) is 0 Å². The minimum atomic E-state index is -0.431. The van der Waals surface area contributed by atoms with Crippen molar-refractivity contribution in [3.63, 3.8) is 0 Å². The Bertz CT molecular complexity index is 1210. The molecule has 1 saturated heterocycles. The Morgan fingerprint density at radius 1 is 1.17 bits per heavy atom. The number of fused-ring (bicyclic) bond motifs is 1. The summed E-state index contributed by atoms with van der Waals surface area (Å²) < 4.78 is 4.49. The first-order valence-corrected chi connectivity index (χ1v) is 9.99. The van der Waals surface area contributed by atoms with Gasteiger partial charge in [0, 0.05) is 37.5 Å². The minimum absolute atomic E-state index is 0.0240. The molecule has 29 heavy (non-hydrogen) atoms. The maximum atomic E-state index is 13.3. The minimum Gasteiger partial charge on any atom is -0.352 e. The zero-order valence-electron chi connectivity index (χ0n) is 16.3. The molecule has 0 bridgehead atoms. The van der Waals surface area contributed by atoms with Gasteiger partial charge in [-0.1, -0.05) is 30.7 Å². The number of halogens is 1. The lowest BCUT2D eigenvalue weighted by atomic mass is 10.2. The van der Waals surface area contributed by atoms with Crippen molar-refractivity contribution in [1.29, 1.82) is 0 Å². The summed E-state index contributed by atoms with van der Waals surface area (Å²) in [6.07, 6.45) is 1.72. The zero-order chi connectivity index (χ0) is 20.7. The van der Waals surface area contributed by atoms with Gasteiger partial charge < -0.3 is 9.88 Å². The fourth-order valence-corrected chi connectivity index (χ4v) is 3.96. The number of aromatic nitrogens is 4. The fourth-order valence-electron chi connectivity index (χ4n) is 3.83. The molecule has 1 amide bonds. The average molecular weight is 416 g/mol. The van der Waals surface area contributed by atoms with Crippen LogP contribution in [0, 0.1) is 0 Å². The fraction of sp³-hybridized carbons (Fsp3) is 0.400. The van der Waals surface area contributed by atoms with Gasteiger partial charge in [-0.05, 0) is 24.1 Å². The first-order valence-electron chi connectivity index (χ1n) is 9.61. The van der Waals surface area contributed by atoms with Crippen molar-refractivity contribution in [3.05, 3.63) is 61.5 Å². The first kappa shape index (κ1) is 19.4. The van der Waals surface area contributed by atoms with Gasteiger partial charge in [-0.2, -0.15) is 0 Å². The second-order valence-corrected chi connectivity index (χ2v) is 7.76. The number of carbonyl (C=O) groups is 1. The van der Waals surface area contributed by atoms with E-state index >= 15 is 0 Å². The lowest BCUT2D eigenvalue weighted by Gasteiger charge is -2.15. The first-order chi connectivity index (χ1) is 13.9. The zero-order valence-corrected chi connectivity index (χ0v) is 17.1. The van der Waals surface area contributed by atoms with Gasteiger partial charge in [0.05, 0.1) is 6.54 Å². The Morgan fingerprint density at radius 2 is 1.90 bits per heavy atom. The molecule has 1 N–H and O–H groups in total. The molecule has 1 aliphatic heterocycles. The van der Waals surface area contributed by atoms with E-state index in [0.29, 0.717) is 35.4 Å². The largest absolute Gasteiger partial charge is 0.352 e. The molecule has 0 saturated carbocycles. The smallest absolute Gasteiger partial charge is 0.333 e. The van der Waals surface area contributed by atoms with Crippen LogP contribution in [0.5, 0.6) is 0 Å². The molecule has 1 aromatic carbocycles. The maximum absolute atomic E-state index is 13.3. The van der Waals surface area contributed by atoms with Crippen molar-refractivity contribution in [2.24, 2.45) is 7.05 Å². The van der Waals surface area contributed by atoms with Crippen LogP contribution in [0.2, 0.25) is 5.02 Å². The number of hydrogen-bond acceptors (Lipinski definition) is 4. The predicted octanol–water partition coefficient (Wildman–Crippen LogP) is 1.44. The predicted molar refractivity (Wildman–Crippen MR) is 110 cm³/mol. The van der Waals surface area contributed by atoms with Gasteiger partial charge in [-0.15, -0.1) is 0 Å². The Morgan fingerprint density at radius 3 is 2.52 bits per heavy atom. The number of hydrogen-bond donors (Lipinski definition) is 1. The van der Waals surface area contributed by atoms with Crippen LogP contribution in [-0.2, 0) is 31.4 Å². The van der Waals surface area contributed by atoms with Gasteiger partial charge in [-0.3, -0.25) is 18.7 Å². The summed E-state index contributed by atoms with van der Waals surface area (Å²) in [5.41, 5.74) is 0.750. The van der Waals surface area contributed by atoms with Gasteiger partial charge in [0.1, 0.15) is 5.82 Å². The summed E-state index contributed by atoms with van der Waals surface area (Å²) in [5, 5.41) is 3.47. The SMILES string of the molecule is CCc1nc2c(c(=O)n(Cc3ccc(Cl)cc3)c(=O)n2C[C@H]2CCC(=O)N2)n1C. The number of nitrogens with zero attached hydrogens (tertiary/aromatic N) is 4. The summed E-state index contributed by atoms with van der Waals surface area (Å²) >= 11 is 5.95. The lowest BCUT2D eigenvalue weighted by Crippen LogP contribution is -2.43. The highest BCUT2D eigenvalue weighted by molar-refractivity contribution is 6.30. The average Bonchev–Trinajstić information content (AvgIpc) is 3.26. The monoisotopic (exact) mass is 415 g/mol. The Balaban J connectivity index is 1.89. The third kappa shape index (κ3) is 3.48. The number of amides is 1. The van der Waals surface area contributed by atoms with Crippen LogP contribution < -0.4 is 16.6 Å². The molecule has 9 heteroatoms. The molecule has 0 unspecified atom stereocenters. The molecule has 8 nitrogen and oxygen atoms in total. The topological polar surface area (TPSA) is 90.9 Å². The van der Waals surface area contributed by atoms with Crippen molar-refractivity contribution in [3.8, 4) is 0 Å². The maximum Gasteiger partial charge on any atom is 0.333 e. The quantitative estimate of drug-likeness (QED) is 0.682. The Labute approximate surface area is 171 Å². The van der Waals surface area contributed by atoms with Crippen molar-refractivity contribution >= 4 is 28.7 Å². The van der Waals surface area contributed by atoms with Crippen LogP contribution in [0.15, 0.2) is 33.9 Å². The lowest BCUT2D eigenvalue weighted by molar-refractivity contribution is -0.119. The van der Waals surface area contributed by atoms with Crippen LogP contribution in [0.1, 0.15) is 31.2 Å². The highest BCUT2D eigenvalue weighted by Crippen LogP contribution is 2.15. The summed E-state index contributed by atoms with van der Waals surface area (Å²) in [6.45, 7) is 2.36. The van der Waals surface area contributed by atoms with Crippen molar-refractivity contribution in [2.45, 2.75) is 45.3 Å². The molecule has 3 aromatic rings. The van der Waals surface area contributed by atoms with Gasteiger partial charge in [0.15, 0.2) is 11.2 Å². The number of carbonyl (C=O) groups excluding carboxylic acids is 1. The molecular weight excluding hydrogens is 394 g/mol. The van der Waals surface area contributed by atoms with Gasteiger partial charge >= 0.3 is 5.69 Å². The van der Waals surface area contributed by atoms with Crippen LogP contribution >= 0.6 is 11.6 Å². The molecule has 1 fully saturated rings. The van der Waals surface area contributed by atoms with Crippen LogP contribution in [0.4, 0.5) is 0 Å². The highest BCUT2D eigenvalue weighted by Gasteiger charge is 2.25. The molecule has 1 atom stereocenters. The van der Waals surface area contributed by atoms with Gasteiger partial charge in [0.25, 0.3) is 5.56 Å². The summed E-state index contributed by atoms with van der Waals surface area (Å²) in [4.78, 5) is 42.7. The Kier molecular flexibility index (Phi) is 5.04. The molecule has 152 valence electrons. The van der Waals surface area contributed by atoms with Crippen LogP contribution in [0.25, 0.3) is 11.2 Å². The van der Waals surface area contributed by atoms with E-state index < -0.39 is 5.69 Å². The number of rotatable bonds is 5. The van der Waals surface area contributed by atoms with Crippen molar-refractivity contribution in [1.82, 2.24) is 24.0 Å². The highest BCUT2D eigenvalue weighted by atomic mass is 35.5. The van der Waals surface area contributed by atoms with E-state index in [0.717, 1.165) is 11.4 Å². The molecule has 4 rings (SSSR count). The second kappa shape index (κ2) is 7.51. The molecule has 0 spiro atoms. The number of benzene rings is 1. The molecule has 0 aliphatic carbocycles. The van der Waals surface area contributed by atoms with E-state index in [1.807, 2.05) is 6.92 Å². The van der Waals surface area contributed by atoms with E-state index in [2.05, 4.69) is 10.3 Å². The van der Waals surface area contributed by atoms with Crippen molar-refractivity contribution < 1.29 is 4.79 Å².